The van der Waals surface area contributed by atoms with Crippen LogP contribution in [0.1, 0.15) is 38.7 Å². The van der Waals surface area contributed by atoms with Gasteiger partial charge in [-0.25, -0.2) is 0 Å². The summed E-state index contributed by atoms with van der Waals surface area (Å²) in [5.41, 5.74) is 2.07. The molecule has 1 fully saturated rings. The third-order valence-electron chi connectivity index (χ3n) is 3.89. The fourth-order valence-corrected chi connectivity index (χ4v) is 2.63. The van der Waals surface area contributed by atoms with Gasteiger partial charge in [0.1, 0.15) is 0 Å². The molecule has 2 amide bonds. The van der Waals surface area contributed by atoms with Crippen LogP contribution in [0.25, 0.3) is 0 Å². The molecule has 21 heavy (non-hydrogen) atoms. The summed E-state index contributed by atoms with van der Waals surface area (Å²) in [4.78, 5) is 27.7. The minimum atomic E-state index is 0.0731. The summed E-state index contributed by atoms with van der Waals surface area (Å²) in [5.74, 6) is 0.152. The van der Waals surface area contributed by atoms with Gasteiger partial charge in [-0.2, -0.15) is 0 Å². The predicted molar refractivity (Wildman–Crippen MR) is 84.2 cm³/mol. The van der Waals surface area contributed by atoms with Crippen LogP contribution >= 0.6 is 0 Å². The van der Waals surface area contributed by atoms with Crippen molar-refractivity contribution in [1.29, 1.82) is 0 Å². The maximum absolute atomic E-state index is 12.4. The molecule has 0 saturated heterocycles. The first kappa shape index (κ1) is 15.5. The average Bonchev–Trinajstić information content (AvgIpc) is 3.24. The molecule has 1 aliphatic rings. The van der Waals surface area contributed by atoms with Crippen LogP contribution in [0.2, 0.25) is 0 Å². The van der Waals surface area contributed by atoms with E-state index in [2.05, 4.69) is 0 Å². The van der Waals surface area contributed by atoms with Gasteiger partial charge in [0.2, 0.25) is 11.8 Å². The van der Waals surface area contributed by atoms with Crippen LogP contribution in [0, 0.1) is 6.92 Å². The Labute approximate surface area is 126 Å². The summed E-state index contributed by atoms with van der Waals surface area (Å²) in [7, 11) is 0. The lowest BCUT2D eigenvalue weighted by atomic mass is 10.2. The smallest absolute Gasteiger partial charge is 0.228 e. The van der Waals surface area contributed by atoms with E-state index >= 15 is 0 Å². The Bertz CT molecular complexity index is 523. The minimum Gasteiger partial charge on any atom is -0.339 e. The van der Waals surface area contributed by atoms with Crippen LogP contribution < -0.4 is 4.90 Å². The Kier molecular flexibility index (Phi) is 4.99. The number of aryl methyl sites for hydroxylation is 1. The van der Waals surface area contributed by atoms with Crippen molar-refractivity contribution in [2.24, 2.45) is 0 Å². The van der Waals surface area contributed by atoms with Gasteiger partial charge in [-0.15, -0.1) is 0 Å². The molecule has 0 N–H and O–H groups in total. The van der Waals surface area contributed by atoms with Gasteiger partial charge >= 0.3 is 0 Å². The predicted octanol–water partition coefficient (Wildman–Crippen LogP) is 2.75. The van der Waals surface area contributed by atoms with Gasteiger partial charge in [-0.3, -0.25) is 9.59 Å². The average molecular weight is 288 g/mol. The fourth-order valence-electron chi connectivity index (χ4n) is 2.63. The monoisotopic (exact) mass is 288 g/mol. The number of amides is 2. The normalized spacial score (nSPS) is 13.9. The van der Waals surface area contributed by atoms with Gasteiger partial charge in [0.05, 0.1) is 0 Å². The van der Waals surface area contributed by atoms with Crippen molar-refractivity contribution >= 4 is 17.5 Å². The molecule has 114 valence electrons. The van der Waals surface area contributed by atoms with E-state index in [4.69, 9.17) is 0 Å². The molecule has 4 nitrogen and oxygen atoms in total. The summed E-state index contributed by atoms with van der Waals surface area (Å²) >= 11 is 0. The third-order valence-corrected chi connectivity index (χ3v) is 3.89. The van der Waals surface area contributed by atoms with E-state index in [1.165, 1.54) is 0 Å². The number of carbonyl (C=O) groups is 2. The lowest BCUT2D eigenvalue weighted by Gasteiger charge is -2.24. The van der Waals surface area contributed by atoms with Gasteiger partial charge < -0.3 is 9.80 Å². The van der Waals surface area contributed by atoms with E-state index in [1.807, 2.05) is 43.0 Å². The molecule has 0 atom stereocenters. The van der Waals surface area contributed by atoms with Crippen LogP contribution in [-0.4, -0.2) is 35.8 Å². The number of carbonyl (C=O) groups excluding carboxylic acids is 2. The van der Waals surface area contributed by atoms with Crippen molar-refractivity contribution < 1.29 is 9.59 Å². The van der Waals surface area contributed by atoms with Gasteiger partial charge in [0, 0.05) is 38.2 Å². The number of benzene rings is 1. The number of nitrogens with zero attached hydrogens (tertiary/aromatic N) is 2. The Balaban J connectivity index is 1.98. The first-order chi connectivity index (χ1) is 10.0. The van der Waals surface area contributed by atoms with Gasteiger partial charge in [-0.1, -0.05) is 12.1 Å². The van der Waals surface area contributed by atoms with Crippen LogP contribution in [-0.2, 0) is 9.59 Å². The zero-order chi connectivity index (χ0) is 15.4. The molecule has 0 unspecified atom stereocenters. The molecule has 1 aromatic rings. The van der Waals surface area contributed by atoms with Crippen LogP contribution in [0.3, 0.4) is 0 Å². The van der Waals surface area contributed by atoms with E-state index in [0.29, 0.717) is 25.6 Å². The zero-order valence-corrected chi connectivity index (χ0v) is 13.1. The molecule has 0 heterocycles. The highest BCUT2D eigenvalue weighted by Crippen LogP contribution is 2.27. The zero-order valence-electron chi connectivity index (χ0n) is 13.1. The minimum absolute atomic E-state index is 0.0731. The number of rotatable bonds is 6. The van der Waals surface area contributed by atoms with Gasteiger partial charge in [0.25, 0.3) is 0 Å². The largest absolute Gasteiger partial charge is 0.339 e. The summed E-state index contributed by atoms with van der Waals surface area (Å²) in [6, 6.07) is 8.33. The number of hydrogen-bond donors (Lipinski definition) is 0. The summed E-state index contributed by atoms with van der Waals surface area (Å²) in [5, 5.41) is 0. The molecular weight excluding hydrogens is 264 g/mol. The molecule has 0 bridgehead atoms. The highest BCUT2D eigenvalue weighted by molar-refractivity contribution is 5.93. The standard InChI is InChI=1S/C17H24N2O2/c1-4-18(16-7-5-6-13(2)12-16)17(21)10-11-19(14(3)20)15-8-9-15/h5-7,12,15H,4,8-11H2,1-3H3. The SMILES string of the molecule is CCN(C(=O)CCN(C(C)=O)C1CC1)c1cccc(C)c1. The second-order valence-corrected chi connectivity index (χ2v) is 5.67. The summed E-state index contributed by atoms with van der Waals surface area (Å²) in [6.45, 7) is 6.75. The first-order valence-corrected chi connectivity index (χ1v) is 7.67. The van der Waals surface area contributed by atoms with Crippen molar-refractivity contribution in [3.8, 4) is 0 Å². The molecule has 1 aliphatic carbocycles. The van der Waals surface area contributed by atoms with Gasteiger partial charge in [0.15, 0.2) is 0 Å². The lowest BCUT2D eigenvalue weighted by molar-refractivity contribution is -0.130. The maximum Gasteiger partial charge on any atom is 0.228 e. The van der Waals surface area contributed by atoms with Crippen molar-refractivity contribution in [3.05, 3.63) is 29.8 Å². The molecule has 0 spiro atoms. The van der Waals surface area contributed by atoms with Crippen molar-refractivity contribution in [2.45, 2.75) is 46.1 Å². The number of hydrogen-bond acceptors (Lipinski definition) is 2. The first-order valence-electron chi connectivity index (χ1n) is 7.67. The van der Waals surface area contributed by atoms with Crippen molar-refractivity contribution in [3.63, 3.8) is 0 Å². The van der Waals surface area contributed by atoms with Gasteiger partial charge in [-0.05, 0) is 44.4 Å². The summed E-state index contributed by atoms with van der Waals surface area (Å²) < 4.78 is 0. The Hall–Kier alpha value is -1.84. The fraction of sp³-hybridized carbons (Fsp3) is 0.529. The quantitative estimate of drug-likeness (QED) is 0.807. The van der Waals surface area contributed by atoms with E-state index in [1.54, 1.807) is 11.8 Å². The number of anilines is 1. The third kappa shape index (κ3) is 4.06. The second kappa shape index (κ2) is 6.74. The molecule has 0 radical (unpaired) electrons. The highest BCUT2D eigenvalue weighted by atomic mass is 16.2. The Morgan fingerprint density at radius 3 is 2.52 bits per heavy atom. The van der Waals surface area contributed by atoms with Crippen LogP contribution in [0.4, 0.5) is 5.69 Å². The Morgan fingerprint density at radius 1 is 1.29 bits per heavy atom. The van der Waals surface area contributed by atoms with E-state index < -0.39 is 0 Å². The maximum atomic E-state index is 12.4. The Morgan fingerprint density at radius 2 is 2.00 bits per heavy atom. The van der Waals surface area contributed by atoms with Crippen LogP contribution in [0.5, 0.6) is 0 Å². The highest BCUT2D eigenvalue weighted by Gasteiger charge is 2.31. The van der Waals surface area contributed by atoms with Crippen molar-refractivity contribution in [2.75, 3.05) is 18.0 Å². The molecular formula is C17H24N2O2. The lowest BCUT2D eigenvalue weighted by Crippen LogP contribution is -2.37. The molecule has 1 saturated carbocycles. The van der Waals surface area contributed by atoms with E-state index in [-0.39, 0.29) is 11.8 Å². The molecule has 1 aromatic carbocycles. The van der Waals surface area contributed by atoms with Crippen molar-refractivity contribution in [1.82, 2.24) is 4.90 Å². The molecule has 2 rings (SSSR count). The molecule has 0 aromatic heterocycles. The topological polar surface area (TPSA) is 40.6 Å². The van der Waals surface area contributed by atoms with E-state index in [9.17, 15) is 9.59 Å². The van der Waals surface area contributed by atoms with E-state index in [0.717, 1.165) is 24.1 Å². The van der Waals surface area contributed by atoms with Crippen LogP contribution in [0.15, 0.2) is 24.3 Å². The second-order valence-electron chi connectivity index (χ2n) is 5.67. The molecule has 0 aliphatic heterocycles. The summed E-state index contributed by atoms with van der Waals surface area (Å²) in [6.07, 6.45) is 2.53. The molecule has 4 heteroatoms.